The molecule has 0 bridgehead atoms. The van der Waals surface area contributed by atoms with Gasteiger partial charge in [0.1, 0.15) is 0 Å². The second-order valence-corrected chi connectivity index (χ2v) is 8.50. The summed E-state index contributed by atoms with van der Waals surface area (Å²) in [5, 5.41) is 3.05. The molecular formula is C24H26F3N3O2. The van der Waals surface area contributed by atoms with Gasteiger partial charge in [-0.15, -0.1) is 0 Å². The summed E-state index contributed by atoms with van der Waals surface area (Å²) in [7, 11) is 0. The molecule has 0 spiro atoms. The minimum Gasteiger partial charge on any atom is -0.353 e. The highest BCUT2D eigenvalue weighted by Crippen LogP contribution is 2.33. The van der Waals surface area contributed by atoms with Crippen molar-refractivity contribution in [2.45, 2.75) is 38.0 Å². The van der Waals surface area contributed by atoms with Crippen LogP contribution in [0.5, 0.6) is 0 Å². The van der Waals surface area contributed by atoms with Gasteiger partial charge in [0, 0.05) is 44.3 Å². The molecule has 2 aliphatic heterocycles. The second kappa shape index (κ2) is 9.32. The van der Waals surface area contributed by atoms with Crippen molar-refractivity contribution in [3.8, 4) is 0 Å². The Hall–Kier alpha value is -2.87. The van der Waals surface area contributed by atoms with E-state index in [0.29, 0.717) is 0 Å². The van der Waals surface area contributed by atoms with E-state index in [4.69, 9.17) is 0 Å². The van der Waals surface area contributed by atoms with Crippen LogP contribution in [0.3, 0.4) is 0 Å². The second-order valence-electron chi connectivity index (χ2n) is 8.50. The van der Waals surface area contributed by atoms with Crippen LogP contribution in [0.15, 0.2) is 54.6 Å². The van der Waals surface area contributed by atoms with Crippen LogP contribution in [-0.2, 0) is 22.3 Å². The number of piperidine rings is 1. The average molecular weight is 445 g/mol. The Labute approximate surface area is 185 Å². The van der Waals surface area contributed by atoms with Crippen LogP contribution in [0, 0.1) is 5.92 Å². The van der Waals surface area contributed by atoms with Crippen LogP contribution in [0.25, 0.3) is 0 Å². The number of nitrogens with zero attached hydrogens (tertiary/aromatic N) is 2. The van der Waals surface area contributed by atoms with Gasteiger partial charge in [0.15, 0.2) is 0 Å². The smallest absolute Gasteiger partial charge is 0.353 e. The Morgan fingerprint density at radius 3 is 2.44 bits per heavy atom. The van der Waals surface area contributed by atoms with Crippen molar-refractivity contribution in [3.05, 3.63) is 65.7 Å². The lowest BCUT2D eigenvalue weighted by atomic mass is 10.0. The van der Waals surface area contributed by atoms with E-state index in [1.165, 1.54) is 22.6 Å². The van der Waals surface area contributed by atoms with Crippen molar-refractivity contribution in [3.63, 3.8) is 0 Å². The molecule has 2 heterocycles. The van der Waals surface area contributed by atoms with E-state index in [-0.39, 0.29) is 36.5 Å². The minimum absolute atomic E-state index is 0.00886. The van der Waals surface area contributed by atoms with Crippen LogP contribution in [-0.4, -0.2) is 42.4 Å². The number of hydrogen-bond acceptors (Lipinski definition) is 3. The van der Waals surface area contributed by atoms with Crippen LogP contribution < -0.4 is 10.2 Å². The van der Waals surface area contributed by atoms with E-state index < -0.39 is 17.7 Å². The lowest BCUT2D eigenvalue weighted by Crippen LogP contribution is -2.46. The molecule has 0 aromatic heterocycles. The van der Waals surface area contributed by atoms with Crippen LogP contribution >= 0.6 is 0 Å². The molecule has 2 aromatic rings. The van der Waals surface area contributed by atoms with Gasteiger partial charge in [-0.3, -0.25) is 14.5 Å². The Balaban J connectivity index is 1.29. The molecule has 2 fully saturated rings. The van der Waals surface area contributed by atoms with Crippen molar-refractivity contribution in [1.82, 2.24) is 10.2 Å². The van der Waals surface area contributed by atoms with Crippen molar-refractivity contribution >= 4 is 17.5 Å². The predicted octanol–water partition coefficient (Wildman–Crippen LogP) is 3.84. The molecule has 5 nitrogen and oxygen atoms in total. The number of carbonyl (C=O) groups is 2. The van der Waals surface area contributed by atoms with Crippen LogP contribution in [0.1, 0.15) is 30.4 Å². The number of benzene rings is 2. The molecule has 4 rings (SSSR count). The molecule has 1 atom stereocenters. The third kappa shape index (κ3) is 5.30. The highest BCUT2D eigenvalue weighted by Gasteiger charge is 2.37. The number of amides is 2. The Morgan fingerprint density at radius 1 is 1.03 bits per heavy atom. The molecule has 0 saturated carbocycles. The summed E-state index contributed by atoms with van der Waals surface area (Å²) >= 11 is 0. The van der Waals surface area contributed by atoms with E-state index in [1.54, 1.807) is 0 Å². The summed E-state index contributed by atoms with van der Waals surface area (Å²) in [4.78, 5) is 28.8. The van der Waals surface area contributed by atoms with E-state index in [2.05, 4.69) is 22.3 Å². The summed E-state index contributed by atoms with van der Waals surface area (Å²) < 4.78 is 39.0. The molecule has 170 valence electrons. The fourth-order valence-electron chi connectivity index (χ4n) is 4.38. The lowest BCUT2D eigenvalue weighted by molar-refractivity contribution is -0.137. The average Bonchev–Trinajstić information content (AvgIpc) is 3.17. The molecule has 0 aliphatic carbocycles. The Kier molecular flexibility index (Phi) is 6.50. The Morgan fingerprint density at radius 2 is 1.75 bits per heavy atom. The number of carbonyl (C=O) groups excluding carboxylic acids is 2. The monoisotopic (exact) mass is 445 g/mol. The fourth-order valence-corrected chi connectivity index (χ4v) is 4.38. The summed E-state index contributed by atoms with van der Waals surface area (Å²) in [6, 6.07) is 15.0. The molecule has 0 radical (unpaired) electrons. The third-order valence-electron chi connectivity index (χ3n) is 6.16. The predicted molar refractivity (Wildman–Crippen MR) is 115 cm³/mol. The zero-order chi connectivity index (χ0) is 22.7. The van der Waals surface area contributed by atoms with Crippen LogP contribution in [0.2, 0.25) is 0 Å². The number of nitrogens with one attached hydrogen (secondary N) is 1. The van der Waals surface area contributed by atoms with Gasteiger partial charge in [0.25, 0.3) is 0 Å². The Bertz CT molecular complexity index is 956. The zero-order valence-corrected chi connectivity index (χ0v) is 17.6. The highest BCUT2D eigenvalue weighted by molar-refractivity contribution is 6.00. The zero-order valence-electron chi connectivity index (χ0n) is 17.6. The van der Waals surface area contributed by atoms with Crippen molar-refractivity contribution < 1.29 is 22.8 Å². The molecule has 2 amide bonds. The maximum atomic E-state index is 13.0. The fraction of sp³-hybridized carbons (Fsp3) is 0.417. The molecule has 2 saturated heterocycles. The molecule has 1 N–H and O–H groups in total. The van der Waals surface area contributed by atoms with E-state index in [0.717, 1.165) is 44.6 Å². The van der Waals surface area contributed by atoms with Gasteiger partial charge in [-0.05, 0) is 36.6 Å². The minimum atomic E-state index is -4.48. The molecule has 2 aromatic carbocycles. The standard InChI is InChI=1S/C24H26F3N3O2/c25-24(26,27)19-7-4-8-21(14-19)30-16-18(13-22(30)31)23(32)28-20-9-11-29(12-10-20)15-17-5-2-1-3-6-17/h1-8,14,18,20H,9-13,15-16H2,(H,28,32). The first-order chi connectivity index (χ1) is 15.3. The first kappa shape index (κ1) is 22.3. The summed E-state index contributed by atoms with van der Waals surface area (Å²) in [5.41, 5.74) is 0.626. The molecule has 8 heteroatoms. The number of anilines is 1. The molecule has 32 heavy (non-hydrogen) atoms. The number of hydrogen-bond donors (Lipinski definition) is 1. The molecule has 1 unspecified atom stereocenters. The highest BCUT2D eigenvalue weighted by atomic mass is 19.4. The van der Waals surface area contributed by atoms with E-state index >= 15 is 0 Å². The van der Waals surface area contributed by atoms with E-state index in [9.17, 15) is 22.8 Å². The van der Waals surface area contributed by atoms with Crippen molar-refractivity contribution in [2.75, 3.05) is 24.5 Å². The first-order valence-electron chi connectivity index (χ1n) is 10.8. The van der Waals surface area contributed by atoms with Gasteiger partial charge < -0.3 is 10.2 Å². The van der Waals surface area contributed by atoms with Gasteiger partial charge in [0.05, 0.1) is 11.5 Å². The summed E-state index contributed by atoms with van der Waals surface area (Å²) in [6.45, 7) is 2.73. The summed E-state index contributed by atoms with van der Waals surface area (Å²) in [5.74, 6) is -1.09. The van der Waals surface area contributed by atoms with Gasteiger partial charge in [0.2, 0.25) is 11.8 Å². The molecular weight excluding hydrogens is 419 g/mol. The quantitative estimate of drug-likeness (QED) is 0.761. The first-order valence-corrected chi connectivity index (χ1v) is 10.8. The number of alkyl halides is 3. The SMILES string of the molecule is O=C(NC1CCN(Cc2ccccc2)CC1)C1CC(=O)N(c2cccc(C(F)(F)F)c2)C1. The summed E-state index contributed by atoms with van der Waals surface area (Å²) in [6.07, 6.45) is -2.81. The van der Waals surface area contributed by atoms with Gasteiger partial charge in [-0.25, -0.2) is 0 Å². The van der Waals surface area contributed by atoms with Gasteiger partial charge in [-0.1, -0.05) is 36.4 Å². The number of halogens is 3. The maximum absolute atomic E-state index is 13.0. The van der Waals surface area contributed by atoms with E-state index in [1.807, 2.05) is 18.2 Å². The van der Waals surface area contributed by atoms with Crippen molar-refractivity contribution in [2.24, 2.45) is 5.92 Å². The number of rotatable bonds is 5. The third-order valence-corrected chi connectivity index (χ3v) is 6.16. The topological polar surface area (TPSA) is 52.7 Å². The largest absolute Gasteiger partial charge is 0.416 e. The number of likely N-dealkylation sites (tertiary alicyclic amines) is 1. The lowest BCUT2D eigenvalue weighted by Gasteiger charge is -2.32. The van der Waals surface area contributed by atoms with Gasteiger partial charge in [-0.2, -0.15) is 13.2 Å². The normalized spacial score (nSPS) is 20.5. The molecule has 2 aliphatic rings. The maximum Gasteiger partial charge on any atom is 0.416 e. The van der Waals surface area contributed by atoms with Crippen LogP contribution in [0.4, 0.5) is 18.9 Å². The van der Waals surface area contributed by atoms with Crippen molar-refractivity contribution in [1.29, 1.82) is 0 Å². The van der Waals surface area contributed by atoms with Gasteiger partial charge >= 0.3 is 6.18 Å².